The van der Waals surface area contributed by atoms with Gasteiger partial charge in [0.05, 0.1) is 5.41 Å². The van der Waals surface area contributed by atoms with E-state index in [1.165, 1.54) is 4.88 Å². The fraction of sp³-hybridized carbons (Fsp3) is 0.462. The van der Waals surface area contributed by atoms with Crippen LogP contribution in [0.2, 0.25) is 0 Å². The Labute approximate surface area is 100 Å². The Balaban J connectivity index is 2.22. The number of rotatable bonds is 4. The van der Waals surface area contributed by atoms with Gasteiger partial charge < -0.3 is 5.32 Å². The summed E-state index contributed by atoms with van der Waals surface area (Å²) < 4.78 is 0. The Bertz CT molecular complexity index is 363. The van der Waals surface area contributed by atoms with Crippen molar-refractivity contribution in [2.24, 2.45) is 0 Å². The molecule has 1 aliphatic carbocycles. The van der Waals surface area contributed by atoms with E-state index in [0.29, 0.717) is 6.54 Å². The van der Waals surface area contributed by atoms with E-state index in [1.54, 1.807) is 17.4 Å². The average Bonchev–Trinajstić information content (AvgIpc) is 2.95. The SMILES string of the molecule is C=CCNC(=O)C1(c2cccs2)CCCC1. The second kappa shape index (κ2) is 4.83. The van der Waals surface area contributed by atoms with Crippen LogP contribution in [0.25, 0.3) is 0 Å². The van der Waals surface area contributed by atoms with Gasteiger partial charge in [-0.2, -0.15) is 0 Å². The second-order valence-corrected chi connectivity index (χ2v) is 5.21. The van der Waals surface area contributed by atoms with E-state index in [2.05, 4.69) is 23.3 Å². The van der Waals surface area contributed by atoms with Crippen molar-refractivity contribution in [2.75, 3.05) is 6.54 Å². The Hall–Kier alpha value is -1.09. The van der Waals surface area contributed by atoms with Crippen LogP contribution in [0.1, 0.15) is 30.6 Å². The van der Waals surface area contributed by atoms with Crippen molar-refractivity contribution in [1.82, 2.24) is 5.32 Å². The molecule has 1 fully saturated rings. The zero-order valence-electron chi connectivity index (χ0n) is 9.37. The molecule has 0 saturated heterocycles. The van der Waals surface area contributed by atoms with Gasteiger partial charge in [0.25, 0.3) is 0 Å². The van der Waals surface area contributed by atoms with Crippen LogP contribution in [0.3, 0.4) is 0 Å². The summed E-state index contributed by atoms with van der Waals surface area (Å²) in [4.78, 5) is 13.5. The summed E-state index contributed by atoms with van der Waals surface area (Å²) in [7, 11) is 0. The maximum Gasteiger partial charge on any atom is 0.231 e. The van der Waals surface area contributed by atoms with Gasteiger partial charge in [0.15, 0.2) is 0 Å². The Morgan fingerprint density at radius 1 is 1.56 bits per heavy atom. The molecule has 0 aromatic carbocycles. The first-order chi connectivity index (χ1) is 7.79. The Morgan fingerprint density at radius 3 is 2.88 bits per heavy atom. The number of carbonyl (C=O) groups is 1. The van der Waals surface area contributed by atoms with Gasteiger partial charge in [0.2, 0.25) is 5.91 Å². The zero-order valence-corrected chi connectivity index (χ0v) is 10.2. The molecular weight excluding hydrogens is 218 g/mol. The third-order valence-electron chi connectivity index (χ3n) is 3.29. The van der Waals surface area contributed by atoms with E-state index in [4.69, 9.17) is 0 Å². The minimum Gasteiger partial charge on any atom is -0.352 e. The first-order valence-electron chi connectivity index (χ1n) is 5.73. The van der Waals surface area contributed by atoms with Crippen molar-refractivity contribution < 1.29 is 4.79 Å². The zero-order chi connectivity index (χ0) is 11.4. The van der Waals surface area contributed by atoms with E-state index in [-0.39, 0.29) is 11.3 Å². The molecule has 2 rings (SSSR count). The van der Waals surface area contributed by atoms with E-state index in [1.807, 2.05) is 6.07 Å². The fourth-order valence-corrected chi connectivity index (χ4v) is 3.43. The van der Waals surface area contributed by atoms with E-state index in [0.717, 1.165) is 25.7 Å². The third-order valence-corrected chi connectivity index (χ3v) is 4.37. The van der Waals surface area contributed by atoms with Crippen LogP contribution in [-0.4, -0.2) is 12.5 Å². The molecule has 0 unspecified atom stereocenters. The third kappa shape index (κ3) is 1.92. The number of thiophene rings is 1. The molecule has 1 amide bonds. The quantitative estimate of drug-likeness (QED) is 0.799. The van der Waals surface area contributed by atoms with Crippen LogP contribution in [0.4, 0.5) is 0 Å². The summed E-state index contributed by atoms with van der Waals surface area (Å²) in [6.07, 6.45) is 6.00. The van der Waals surface area contributed by atoms with Crippen molar-refractivity contribution in [3.63, 3.8) is 0 Å². The van der Waals surface area contributed by atoms with Gasteiger partial charge in [-0.1, -0.05) is 25.0 Å². The number of nitrogens with one attached hydrogen (secondary N) is 1. The van der Waals surface area contributed by atoms with Crippen molar-refractivity contribution in [1.29, 1.82) is 0 Å². The van der Waals surface area contributed by atoms with Crippen LogP contribution in [0, 0.1) is 0 Å². The molecule has 1 saturated carbocycles. The molecule has 0 spiro atoms. The average molecular weight is 235 g/mol. The lowest BCUT2D eigenvalue weighted by Gasteiger charge is -2.26. The van der Waals surface area contributed by atoms with Gasteiger partial charge in [0.1, 0.15) is 0 Å². The first kappa shape index (κ1) is 11.4. The predicted molar refractivity (Wildman–Crippen MR) is 67.7 cm³/mol. The summed E-state index contributed by atoms with van der Waals surface area (Å²) in [6.45, 7) is 4.19. The largest absolute Gasteiger partial charge is 0.352 e. The van der Waals surface area contributed by atoms with Crippen LogP contribution in [0.15, 0.2) is 30.2 Å². The highest BCUT2D eigenvalue weighted by atomic mass is 32.1. The molecule has 1 N–H and O–H groups in total. The minimum atomic E-state index is -0.253. The highest BCUT2D eigenvalue weighted by molar-refractivity contribution is 7.10. The number of amides is 1. The molecule has 0 aliphatic heterocycles. The summed E-state index contributed by atoms with van der Waals surface area (Å²) >= 11 is 1.69. The van der Waals surface area contributed by atoms with Crippen LogP contribution in [0.5, 0.6) is 0 Å². The van der Waals surface area contributed by atoms with Crippen LogP contribution < -0.4 is 5.32 Å². The number of hydrogen-bond donors (Lipinski definition) is 1. The molecule has 0 radical (unpaired) electrons. The maximum absolute atomic E-state index is 12.3. The van der Waals surface area contributed by atoms with E-state index in [9.17, 15) is 4.79 Å². The molecule has 1 heterocycles. The topological polar surface area (TPSA) is 29.1 Å². The van der Waals surface area contributed by atoms with E-state index < -0.39 is 0 Å². The lowest BCUT2D eigenvalue weighted by Crippen LogP contribution is -2.42. The molecule has 16 heavy (non-hydrogen) atoms. The second-order valence-electron chi connectivity index (χ2n) is 4.27. The van der Waals surface area contributed by atoms with Crippen LogP contribution >= 0.6 is 11.3 Å². The standard InChI is InChI=1S/C13H17NOS/c1-2-9-14-12(15)13(7-3-4-8-13)11-6-5-10-16-11/h2,5-6,10H,1,3-4,7-9H2,(H,14,15). The van der Waals surface area contributed by atoms with Gasteiger partial charge in [-0.15, -0.1) is 17.9 Å². The van der Waals surface area contributed by atoms with Gasteiger partial charge >= 0.3 is 0 Å². The normalized spacial score (nSPS) is 18.2. The molecule has 0 bridgehead atoms. The maximum atomic E-state index is 12.3. The summed E-state index contributed by atoms with van der Waals surface area (Å²) in [5.41, 5.74) is -0.253. The van der Waals surface area contributed by atoms with Crippen molar-refractivity contribution in [3.8, 4) is 0 Å². The molecule has 1 aromatic heterocycles. The van der Waals surface area contributed by atoms with Gasteiger partial charge in [-0.25, -0.2) is 0 Å². The lowest BCUT2D eigenvalue weighted by atomic mass is 9.83. The van der Waals surface area contributed by atoms with Gasteiger partial charge in [0, 0.05) is 11.4 Å². The molecule has 0 atom stereocenters. The molecule has 86 valence electrons. The lowest BCUT2D eigenvalue weighted by molar-refractivity contribution is -0.126. The highest BCUT2D eigenvalue weighted by Gasteiger charge is 2.43. The first-order valence-corrected chi connectivity index (χ1v) is 6.61. The Morgan fingerprint density at radius 2 is 2.31 bits per heavy atom. The predicted octanol–water partition coefficient (Wildman–Crippen LogP) is 2.86. The summed E-state index contributed by atoms with van der Waals surface area (Å²) in [5.74, 6) is 0.173. The van der Waals surface area contributed by atoms with Crippen molar-refractivity contribution in [2.45, 2.75) is 31.1 Å². The summed E-state index contributed by atoms with van der Waals surface area (Å²) in [5, 5.41) is 5.00. The van der Waals surface area contributed by atoms with Crippen molar-refractivity contribution in [3.05, 3.63) is 35.0 Å². The van der Waals surface area contributed by atoms with Crippen LogP contribution in [-0.2, 0) is 10.2 Å². The Kier molecular flexibility index (Phi) is 3.44. The number of hydrogen-bond acceptors (Lipinski definition) is 2. The number of carbonyl (C=O) groups excluding carboxylic acids is 1. The van der Waals surface area contributed by atoms with Crippen molar-refractivity contribution >= 4 is 17.2 Å². The molecule has 3 heteroatoms. The van der Waals surface area contributed by atoms with Gasteiger partial charge in [-0.05, 0) is 24.3 Å². The highest BCUT2D eigenvalue weighted by Crippen LogP contribution is 2.43. The van der Waals surface area contributed by atoms with E-state index >= 15 is 0 Å². The molecule has 1 aromatic rings. The molecule has 2 nitrogen and oxygen atoms in total. The van der Waals surface area contributed by atoms with Gasteiger partial charge in [-0.3, -0.25) is 4.79 Å². The molecular formula is C13H17NOS. The smallest absolute Gasteiger partial charge is 0.231 e. The molecule has 1 aliphatic rings. The monoisotopic (exact) mass is 235 g/mol. The minimum absolute atomic E-state index is 0.173. The summed E-state index contributed by atoms with van der Waals surface area (Å²) in [6, 6.07) is 4.12. The fourth-order valence-electron chi connectivity index (χ4n) is 2.45.